The number of benzene rings is 3. The van der Waals surface area contributed by atoms with Crippen LogP contribution in [0, 0.1) is 0 Å². The number of carbonyl (C=O) groups excluding carboxylic acids is 2. The van der Waals surface area contributed by atoms with E-state index in [1.54, 1.807) is 13.1 Å². The maximum absolute atomic E-state index is 12.8. The minimum absolute atomic E-state index is 0.150. The average molecular weight is 500 g/mol. The molecular weight excluding hydrogens is 466 g/mol. The number of hydrogen-bond donors (Lipinski definition) is 0. The van der Waals surface area contributed by atoms with Gasteiger partial charge in [-0.25, -0.2) is 4.79 Å². The van der Waals surface area contributed by atoms with E-state index in [-0.39, 0.29) is 11.6 Å². The van der Waals surface area contributed by atoms with Gasteiger partial charge >= 0.3 is 5.97 Å². The van der Waals surface area contributed by atoms with Gasteiger partial charge < -0.3 is 13.7 Å². The molecule has 186 valence electrons. The van der Waals surface area contributed by atoms with Gasteiger partial charge in [0.15, 0.2) is 0 Å². The summed E-state index contributed by atoms with van der Waals surface area (Å²) in [5.74, 6) is -1.47. The molecule has 0 saturated carbocycles. The molecule has 0 atom stereocenters. The third-order valence-corrected chi connectivity index (χ3v) is 11.6. The Balaban J connectivity index is 1.81. The van der Waals surface area contributed by atoms with Gasteiger partial charge in [0.1, 0.15) is 0 Å². The molecule has 0 aliphatic carbocycles. The van der Waals surface area contributed by atoms with Gasteiger partial charge in [-0.3, -0.25) is 4.79 Å². The zero-order valence-electron chi connectivity index (χ0n) is 21.6. The van der Waals surface area contributed by atoms with Crippen molar-refractivity contribution in [2.24, 2.45) is 7.05 Å². The largest absolute Gasteiger partial charge is 0.460 e. The fraction of sp³-hybridized carbons (Fsp3) is 0.267. The molecule has 0 aliphatic heterocycles. The molecule has 3 aromatic carbocycles. The molecule has 1 aromatic heterocycles. The highest BCUT2D eigenvalue weighted by molar-refractivity contribution is 6.99. The maximum atomic E-state index is 12.8. The molecule has 4 aromatic rings. The predicted molar refractivity (Wildman–Crippen MR) is 146 cm³/mol. The number of nitrogens with zero attached hydrogens (tertiary/aromatic N) is 1. The zero-order chi connectivity index (χ0) is 25.9. The lowest BCUT2D eigenvalue weighted by molar-refractivity contribution is -0.137. The van der Waals surface area contributed by atoms with Crippen LogP contribution in [0.25, 0.3) is 10.9 Å². The number of rotatable bonds is 8. The summed E-state index contributed by atoms with van der Waals surface area (Å²) in [7, 11) is -0.845. The fourth-order valence-corrected chi connectivity index (χ4v) is 9.63. The SMILES string of the molecule is CCOC(=O)C(=O)c1cn(C)c2c(CO[Si](c3ccccc3)(c3ccccc3)C(C)(C)C)cccc12. The van der Waals surface area contributed by atoms with Crippen molar-refractivity contribution in [3.8, 4) is 0 Å². The van der Waals surface area contributed by atoms with Crippen molar-refractivity contribution < 1.29 is 18.8 Å². The molecule has 0 unspecified atom stereocenters. The molecule has 6 heteroatoms. The Morgan fingerprint density at radius 3 is 1.97 bits per heavy atom. The molecule has 1 heterocycles. The Kier molecular flexibility index (Phi) is 7.29. The highest BCUT2D eigenvalue weighted by Crippen LogP contribution is 2.38. The van der Waals surface area contributed by atoms with Crippen LogP contribution in [-0.2, 0) is 27.6 Å². The quantitative estimate of drug-likeness (QED) is 0.148. The summed E-state index contributed by atoms with van der Waals surface area (Å²) in [6.45, 7) is 8.96. The number of hydrogen-bond acceptors (Lipinski definition) is 4. The highest BCUT2D eigenvalue weighted by Gasteiger charge is 2.50. The van der Waals surface area contributed by atoms with Crippen LogP contribution in [0.3, 0.4) is 0 Å². The Morgan fingerprint density at radius 2 is 1.44 bits per heavy atom. The summed E-state index contributed by atoms with van der Waals surface area (Å²) in [6, 6.07) is 26.8. The molecule has 5 nitrogen and oxygen atoms in total. The van der Waals surface area contributed by atoms with Crippen molar-refractivity contribution >= 4 is 41.3 Å². The van der Waals surface area contributed by atoms with Crippen LogP contribution in [0.1, 0.15) is 43.6 Å². The lowest BCUT2D eigenvalue weighted by atomic mass is 10.1. The molecule has 4 rings (SSSR count). The van der Waals surface area contributed by atoms with E-state index in [0.29, 0.717) is 12.2 Å². The van der Waals surface area contributed by atoms with Crippen molar-refractivity contribution in [1.82, 2.24) is 4.57 Å². The van der Waals surface area contributed by atoms with Gasteiger partial charge in [-0.15, -0.1) is 0 Å². The summed E-state index contributed by atoms with van der Waals surface area (Å²) < 4.78 is 14.0. The smallest absolute Gasteiger partial charge is 0.379 e. The third kappa shape index (κ3) is 4.54. The monoisotopic (exact) mass is 499 g/mol. The van der Waals surface area contributed by atoms with E-state index >= 15 is 0 Å². The van der Waals surface area contributed by atoms with Gasteiger partial charge in [0.25, 0.3) is 14.1 Å². The third-order valence-electron chi connectivity index (χ3n) is 6.65. The van der Waals surface area contributed by atoms with Crippen molar-refractivity contribution in [2.45, 2.75) is 39.3 Å². The average Bonchev–Trinajstić information content (AvgIpc) is 3.21. The second-order valence-corrected chi connectivity index (χ2v) is 14.3. The fourth-order valence-electron chi connectivity index (χ4n) is 5.10. The van der Waals surface area contributed by atoms with Crippen LogP contribution in [0.4, 0.5) is 0 Å². The standard InChI is InChI=1S/C30H33NO4Si/c1-6-34-29(33)28(32)26-20-31(5)27-22(14-13-19-25(26)27)21-35-36(30(2,3)4,23-15-9-7-10-16-23)24-17-11-8-12-18-24/h7-20H,6,21H2,1-5H3. The van der Waals surface area contributed by atoms with Crippen LogP contribution >= 0.6 is 0 Å². The second kappa shape index (κ2) is 10.2. The number of ketones is 1. The number of fused-ring (bicyclic) bond motifs is 1. The van der Waals surface area contributed by atoms with Crippen LogP contribution in [0.5, 0.6) is 0 Å². The van der Waals surface area contributed by atoms with Crippen molar-refractivity contribution in [1.29, 1.82) is 0 Å². The van der Waals surface area contributed by atoms with Crippen LogP contribution in [0.2, 0.25) is 5.04 Å². The molecule has 0 amide bonds. The van der Waals surface area contributed by atoms with Crippen molar-refractivity contribution in [2.75, 3.05) is 6.61 Å². The Bertz CT molecular complexity index is 1330. The topological polar surface area (TPSA) is 57.5 Å². The van der Waals surface area contributed by atoms with Gasteiger partial charge in [-0.1, -0.05) is 99.6 Å². The highest BCUT2D eigenvalue weighted by atomic mass is 28.4. The Labute approximate surface area is 213 Å². The van der Waals surface area contributed by atoms with E-state index in [2.05, 4.69) is 69.3 Å². The number of para-hydroxylation sites is 1. The number of esters is 1. The first-order valence-corrected chi connectivity index (χ1v) is 14.1. The predicted octanol–water partition coefficient (Wildman–Crippen LogP) is 5.00. The minimum Gasteiger partial charge on any atom is -0.460 e. The number of aromatic nitrogens is 1. The van der Waals surface area contributed by atoms with E-state index in [0.717, 1.165) is 16.5 Å². The van der Waals surface area contributed by atoms with E-state index in [1.165, 1.54) is 10.4 Å². The van der Waals surface area contributed by atoms with Gasteiger partial charge in [0, 0.05) is 24.2 Å². The first-order valence-electron chi connectivity index (χ1n) is 12.2. The van der Waals surface area contributed by atoms with E-state index in [9.17, 15) is 9.59 Å². The van der Waals surface area contributed by atoms with Gasteiger partial charge in [0.2, 0.25) is 0 Å². The molecule has 0 aliphatic rings. The summed E-state index contributed by atoms with van der Waals surface area (Å²) >= 11 is 0. The summed E-state index contributed by atoms with van der Waals surface area (Å²) in [5, 5.41) is 2.99. The summed E-state index contributed by atoms with van der Waals surface area (Å²) in [6.07, 6.45) is 1.70. The number of aryl methyl sites for hydroxylation is 1. The van der Waals surface area contributed by atoms with E-state index in [4.69, 9.17) is 9.16 Å². The summed E-state index contributed by atoms with van der Waals surface area (Å²) in [4.78, 5) is 24.9. The Hall–Kier alpha value is -3.48. The molecular formula is C30H33NO4Si. The molecule has 0 fully saturated rings. The van der Waals surface area contributed by atoms with Crippen molar-refractivity contribution in [3.63, 3.8) is 0 Å². The second-order valence-electron chi connectivity index (χ2n) is 9.97. The van der Waals surface area contributed by atoms with Gasteiger partial charge in [0.05, 0.1) is 24.3 Å². The number of ether oxygens (including phenoxy) is 1. The first-order chi connectivity index (χ1) is 17.2. The number of carbonyl (C=O) groups is 2. The molecule has 36 heavy (non-hydrogen) atoms. The molecule has 0 saturated heterocycles. The summed E-state index contributed by atoms with van der Waals surface area (Å²) in [5.41, 5.74) is 2.19. The lowest BCUT2D eigenvalue weighted by Gasteiger charge is -2.43. The first kappa shape index (κ1) is 25.6. The molecule has 0 spiro atoms. The number of Topliss-reactive ketones (excluding diaryl/α,β-unsaturated/α-hetero) is 1. The van der Waals surface area contributed by atoms with Crippen LogP contribution < -0.4 is 10.4 Å². The minimum atomic E-state index is -2.73. The van der Waals surface area contributed by atoms with Crippen LogP contribution in [0.15, 0.2) is 85.1 Å². The van der Waals surface area contributed by atoms with Crippen LogP contribution in [-0.4, -0.2) is 31.2 Å². The normalized spacial score (nSPS) is 12.0. The van der Waals surface area contributed by atoms with E-state index in [1.807, 2.05) is 41.9 Å². The van der Waals surface area contributed by atoms with Gasteiger partial charge in [-0.2, -0.15) is 0 Å². The maximum Gasteiger partial charge on any atom is 0.379 e. The van der Waals surface area contributed by atoms with Crippen molar-refractivity contribution in [3.05, 3.63) is 96.2 Å². The van der Waals surface area contributed by atoms with E-state index < -0.39 is 20.1 Å². The molecule has 0 bridgehead atoms. The zero-order valence-corrected chi connectivity index (χ0v) is 22.6. The lowest BCUT2D eigenvalue weighted by Crippen LogP contribution is -2.66. The molecule has 0 N–H and O–H groups in total. The van der Waals surface area contributed by atoms with Gasteiger partial charge in [-0.05, 0) is 22.3 Å². The molecule has 0 radical (unpaired) electrons. The Morgan fingerprint density at radius 1 is 0.861 bits per heavy atom.